The van der Waals surface area contributed by atoms with Gasteiger partial charge in [0, 0.05) is 45.0 Å². The lowest BCUT2D eigenvalue weighted by Crippen LogP contribution is -2.18. The molecule has 12 aromatic rings. The number of benzene rings is 12. The number of para-hydroxylation sites is 2. The zero-order chi connectivity index (χ0) is 61.4. The van der Waals surface area contributed by atoms with E-state index in [1.807, 2.05) is 158 Å². The number of rotatable bonds is 13. The molecule has 2 heteroatoms. The van der Waals surface area contributed by atoms with Gasteiger partial charge in [-0.05, 0) is 120 Å². The van der Waals surface area contributed by atoms with Gasteiger partial charge in [-0.3, -0.25) is 0 Å². The standard InChI is InChI=1S/C80H68N2/c1-79(2,3)66-47-52-71(76(55-66)80(4,5)6)65-53-69(81(67-48-43-59(44-49-67)57-27-13-7-14-28-57)77-72(61-31-17-9-18-32-61)39-25-40-73(77)62-33-19-10-20-34-62)56-70(54-65)82(68-50-45-60(46-51-68)58-29-15-8-16-30-58)78-74(63-35-21-11-22-36-63)41-26-42-75(78)64-37-23-12-24-38-64/h7-56H,1-6H3/i25D,26D,39D,40D,41D,42D. The summed E-state index contributed by atoms with van der Waals surface area (Å²) in [5.74, 6) is 0. The van der Waals surface area contributed by atoms with Crippen molar-refractivity contribution in [2.45, 2.75) is 52.4 Å². The molecule has 0 aliphatic rings. The molecule has 0 saturated heterocycles. The van der Waals surface area contributed by atoms with E-state index in [0.29, 0.717) is 67.3 Å². The Hall–Kier alpha value is -9.76. The highest BCUT2D eigenvalue weighted by molar-refractivity contribution is 6.02. The molecule has 0 aromatic heterocycles. The molecule has 398 valence electrons. The van der Waals surface area contributed by atoms with E-state index in [1.54, 1.807) is 0 Å². The van der Waals surface area contributed by atoms with Crippen molar-refractivity contribution in [2.24, 2.45) is 0 Å². The van der Waals surface area contributed by atoms with Crippen LogP contribution >= 0.6 is 0 Å². The second-order valence-corrected chi connectivity index (χ2v) is 22.9. The summed E-state index contributed by atoms with van der Waals surface area (Å²) in [6.45, 7) is 13.5. The fourth-order valence-electron chi connectivity index (χ4n) is 11.1. The molecule has 0 radical (unpaired) electrons. The monoisotopic (exact) mass is 1060 g/mol. The van der Waals surface area contributed by atoms with Crippen molar-refractivity contribution >= 4 is 34.1 Å². The first-order valence-electron chi connectivity index (χ1n) is 31.2. The Morgan fingerprint density at radius 1 is 0.256 bits per heavy atom. The van der Waals surface area contributed by atoms with E-state index in [4.69, 9.17) is 0 Å². The first kappa shape index (κ1) is 46.0. The molecule has 0 heterocycles. The molecule has 0 spiro atoms. The average Bonchev–Trinajstić information content (AvgIpc) is 0.810. The highest BCUT2D eigenvalue weighted by Gasteiger charge is 2.29. The van der Waals surface area contributed by atoms with Crippen LogP contribution in [0.3, 0.4) is 0 Å². The van der Waals surface area contributed by atoms with Gasteiger partial charge in [-0.1, -0.05) is 302 Å². The molecule has 0 aliphatic heterocycles. The summed E-state index contributed by atoms with van der Waals surface area (Å²) < 4.78 is 59.5. The zero-order valence-electron chi connectivity index (χ0n) is 53.3. The third-order valence-corrected chi connectivity index (χ3v) is 15.3. The number of anilines is 6. The van der Waals surface area contributed by atoms with E-state index >= 15 is 0 Å². The fraction of sp³-hybridized carbons (Fsp3) is 0.100. The molecule has 0 N–H and O–H groups in total. The maximum atomic E-state index is 10.1. The molecular formula is C80H68N2. The van der Waals surface area contributed by atoms with Gasteiger partial charge in [0.15, 0.2) is 0 Å². The minimum Gasteiger partial charge on any atom is -0.309 e. The molecule has 0 bridgehead atoms. The van der Waals surface area contributed by atoms with Crippen LogP contribution in [0.4, 0.5) is 34.1 Å². The van der Waals surface area contributed by atoms with Crippen LogP contribution in [0.5, 0.6) is 0 Å². The van der Waals surface area contributed by atoms with Crippen LogP contribution in [-0.4, -0.2) is 0 Å². The van der Waals surface area contributed by atoms with E-state index in [0.717, 1.165) is 50.3 Å². The van der Waals surface area contributed by atoms with Crippen LogP contribution in [0.25, 0.3) is 77.9 Å². The molecule has 82 heavy (non-hydrogen) atoms. The summed E-state index contributed by atoms with van der Waals surface area (Å²) >= 11 is 0. The van der Waals surface area contributed by atoms with Gasteiger partial charge in [0.05, 0.1) is 19.6 Å². The molecule has 0 atom stereocenters. The Kier molecular flexibility index (Phi) is 12.8. The molecule has 0 amide bonds. The Balaban J connectivity index is 1.29. The molecule has 2 nitrogen and oxygen atoms in total. The molecule has 12 aromatic carbocycles. The maximum Gasteiger partial charge on any atom is 0.0630 e. The van der Waals surface area contributed by atoms with Gasteiger partial charge in [0.25, 0.3) is 0 Å². The summed E-state index contributed by atoms with van der Waals surface area (Å²) in [6, 6.07) is 89.3. The van der Waals surface area contributed by atoms with Gasteiger partial charge in [-0.25, -0.2) is 0 Å². The topological polar surface area (TPSA) is 6.48 Å². The smallest absolute Gasteiger partial charge is 0.0630 e. The van der Waals surface area contributed by atoms with Crippen molar-refractivity contribution in [3.8, 4) is 77.9 Å². The van der Waals surface area contributed by atoms with Gasteiger partial charge in [-0.15, -0.1) is 0 Å². The average molecular weight is 1060 g/mol. The predicted molar refractivity (Wildman–Crippen MR) is 351 cm³/mol. The van der Waals surface area contributed by atoms with Crippen LogP contribution in [0.15, 0.2) is 303 Å². The van der Waals surface area contributed by atoms with Gasteiger partial charge in [0.1, 0.15) is 0 Å². The van der Waals surface area contributed by atoms with Crippen molar-refractivity contribution < 1.29 is 8.22 Å². The van der Waals surface area contributed by atoms with Gasteiger partial charge >= 0.3 is 0 Å². The fourth-order valence-corrected chi connectivity index (χ4v) is 11.1. The summed E-state index contributed by atoms with van der Waals surface area (Å²) in [6.07, 6.45) is 0. The minimum absolute atomic E-state index is 0.0810. The zero-order valence-corrected chi connectivity index (χ0v) is 47.3. The minimum atomic E-state index is -0.358. The number of hydrogen-bond acceptors (Lipinski definition) is 2. The summed E-state index contributed by atoms with van der Waals surface area (Å²) in [5, 5.41) is 0. The Morgan fingerprint density at radius 2 is 0.561 bits per heavy atom. The molecule has 0 fully saturated rings. The predicted octanol–water partition coefficient (Wildman–Crippen LogP) is 22.9. The van der Waals surface area contributed by atoms with Crippen LogP contribution in [-0.2, 0) is 10.8 Å². The lowest BCUT2D eigenvalue weighted by Gasteiger charge is -2.35. The van der Waals surface area contributed by atoms with Crippen molar-refractivity contribution in [3.63, 3.8) is 0 Å². The molecular weight excluding hydrogens is 989 g/mol. The van der Waals surface area contributed by atoms with Crippen LogP contribution in [0.1, 0.15) is 60.9 Å². The first-order chi connectivity index (χ1) is 42.5. The summed E-state index contributed by atoms with van der Waals surface area (Å²) in [7, 11) is 0. The highest BCUT2D eigenvalue weighted by atomic mass is 15.2. The highest BCUT2D eigenvalue weighted by Crippen LogP contribution is 2.53. The van der Waals surface area contributed by atoms with Crippen molar-refractivity contribution in [1.82, 2.24) is 0 Å². The van der Waals surface area contributed by atoms with Crippen LogP contribution in [0.2, 0.25) is 0 Å². The first-order valence-corrected chi connectivity index (χ1v) is 28.2. The Bertz CT molecular complexity index is 4090. The Morgan fingerprint density at radius 3 is 0.866 bits per heavy atom. The van der Waals surface area contributed by atoms with Gasteiger partial charge < -0.3 is 9.80 Å². The third kappa shape index (κ3) is 11.0. The van der Waals surface area contributed by atoms with Crippen LogP contribution < -0.4 is 9.80 Å². The van der Waals surface area contributed by atoms with E-state index in [9.17, 15) is 8.22 Å². The number of nitrogens with zero attached hydrogens (tertiary/aromatic N) is 2. The molecule has 0 aliphatic carbocycles. The summed E-state index contributed by atoms with van der Waals surface area (Å²) in [5.41, 5.74) is 16.5. The van der Waals surface area contributed by atoms with E-state index in [-0.39, 0.29) is 47.1 Å². The lowest BCUT2D eigenvalue weighted by molar-refractivity contribution is 0.570. The molecule has 0 unspecified atom stereocenters. The Labute approximate surface area is 494 Å². The van der Waals surface area contributed by atoms with E-state index in [2.05, 4.69) is 161 Å². The van der Waals surface area contributed by atoms with E-state index < -0.39 is 0 Å². The normalized spacial score (nSPS) is 12.6. The maximum absolute atomic E-state index is 10.1. The summed E-state index contributed by atoms with van der Waals surface area (Å²) in [4.78, 5) is 4.35. The SMILES string of the molecule is [2H]c1c([2H])c(-c2ccccc2)c(N(c2ccc(-c3ccccc3)cc2)c2cc(-c3ccc(C(C)(C)C)cc3C(C)(C)C)cc(N(c3ccc(-c4ccccc4)cc3)c3c(-c4ccccc4)c([2H])c([2H])c([2H])c3-c3ccccc3)c2)c(-c2ccccc2)c1[2H]. The van der Waals surface area contributed by atoms with E-state index in [1.165, 1.54) is 5.56 Å². The molecule has 0 saturated carbocycles. The van der Waals surface area contributed by atoms with Crippen molar-refractivity contribution in [3.05, 3.63) is 314 Å². The lowest BCUT2D eigenvalue weighted by atomic mass is 9.77. The second-order valence-electron chi connectivity index (χ2n) is 22.9. The second kappa shape index (κ2) is 22.8. The molecule has 12 rings (SSSR count). The quantitative estimate of drug-likeness (QED) is 0.114. The van der Waals surface area contributed by atoms with Gasteiger partial charge in [0.2, 0.25) is 0 Å². The van der Waals surface area contributed by atoms with Crippen LogP contribution in [0, 0.1) is 0 Å². The largest absolute Gasteiger partial charge is 0.309 e. The van der Waals surface area contributed by atoms with Gasteiger partial charge in [-0.2, -0.15) is 0 Å². The van der Waals surface area contributed by atoms with Crippen molar-refractivity contribution in [2.75, 3.05) is 9.80 Å². The van der Waals surface area contributed by atoms with Crippen molar-refractivity contribution in [1.29, 1.82) is 0 Å². The number of hydrogen-bond donors (Lipinski definition) is 0. The third-order valence-electron chi connectivity index (χ3n) is 15.3.